The lowest BCUT2D eigenvalue weighted by atomic mass is 10.4. The molecule has 3 nitrogen and oxygen atoms in total. The van der Waals surface area contributed by atoms with Crippen molar-refractivity contribution in [3.05, 3.63) is 12.2 Å². The Morgan fingerprint density at radius 1 is 1.67 bits per heavy atom. The summed E-state index contributed by atoms with van der Waals surface area (Å²) in [4.78, 5) is 23.2. The number of rotatable bonds is 2. The van der Waals surface area contributed by atoms with Gasteiger partial charge >= 0.3 is 0 Å². The van der Waals surface area contributed by atoms with Gasteiger partial charge in [0.05, 0.1) is 0 Å². The van der Waals surface area contributed by atoms with Crippen LogP contribution in [-0.4, -0.2) is 29.9 Å². The van der Waals surface area contributed by atoms with E-state index in [0.29, 0.717) is 19.4 Å². The van der Waals surface area contributed by atoms with Crippen LogP contribution in [0.5, 0.6) is 0 Å². The number of hydrogen-bond donors (Lipinski definition) is 0. The van der Waals surface area contributed by atoms with Gasteiger partial charge in [-0.3, -0.25) is 14.5 Å². The third-order valence-corrected chi connectivity index (χ3v) is 1.69. The van der Waals surface area contributed by atoms with Crippen LogP contribution in [0.4, 0.5) is 4.39 Å². The van der Waals surface area contributed by atoms with Gasteiger partial charge in [0.2, 0.25) is 5.91 Å². The lowest BCUT2D eigenvalue weighted by molar-refractivity contribution is -0.138. The maximum atomic E-state index is 11.6. The van der Waals surface area contributed by atoms with Crippen LogP contribution in [0.25, 0.3) is 0 Å². The molecule has 2 amide bonds. The highest BCUT2D eigenvalue weighted by molar-refractivity contribution is 6.01. The third-order valence-electron chi connectivity index (χ3n) is 1.69. The topological polar surface area (TPSA) is 37.4 Å². The van der Waals surface area contributed by atoms with Crippen LogP contribution >= 0.6 is 0 Å². The van der Waals surface area contributed by atoms with Gasteiger partial charge in [-0.1, -0.05) is 0 Å². The van der Waals surface area contributed by atoms with Crippen molar-refractivity contribution in [2.45, 2.75) is 12.8 Å². The molecule has 0 spiro atoms. The molecule has 0 aromatic heterocycles. The second-order valence-corrected chi connectivity index (χ2v) is 2.54. The van der Waals surface area contributed by atoms with E-state index < -0.39 is 12.6 Å². The van der Waals surface area contributed by atoms with Crippen LogP contribution in [0, 0.1) is 0 Å². The van der Waals surface area contributed by atoms with Crippen molar-refractivity contribution in [1.82, 2.24) is 4.90 Å². The van der Waals surface area contributed by atoms with Crippen molar-refractivity contribution in [3.8, 4) is 0 Å². The smallest absolute Gasteiger partial charge is 0.252 e. The molecule has 0 aromatic carbocycles. The van der Waals surface area contributed by atoms with Gasteiger partial charge in [0.15, 0.2) is 0 Å². The Balaban J connectivity index is 2.52. The van der Waals surface area contributed by atoms with E-state index >= 15 is 0 Å². The van der Waals surface area contributed by atoms with Crippen LogP contribution in [0.15, 0.2) is 12.2 Å². The molecule has 0 aliphatic carbocycles. The molecule has 0 aromatic rings. The molecule has 66 valence electrons. The van der Waals surface area contributed by atoms with Crippen molar-refractivity contribution in [1.29, 1.82) is 0 Å². The lowest BCUT2D eigenvalue weighted by Gasteiger charge is -2.09. The maximum Gasteiger partial charge on any atom is 0.252 e. The Bertz CT molecular complexity index is 225. The van der Waals surface area contributed by atoms with Crippen LogP contribution in [0.1, 0.15) is 12.8 Å². The van der Waals surface area contributed by atoms with E-state index in [0.717, 1.165) is 17.1 Å². The Labute approximate surface area is 69.8 Å². The zero-order chi connectivity index (χ0) is 8.97. The molecule has 0 atom stereocenters. The average Bonchev–Trinajstić information content (AvgIpc) is 2.47. The zero-order valence-corrected chi connectivity index (χ0v) is 6.62. The number of halogens is 1. The highest BCUT2D eigenvalue weighted by Gasteiger charge is 2.24. The van der Waals surface area contributed by atoms with Crippen molar-refractivity contribution in [3.63, 3.8) is 0 Å². The van der Waals surface area contributed by atoms with Gasteiger partial charge in [-0.05, 0) is 12.5 Å². The molecule has 0 saturated carbocycles. The summed E-state index contributed by atoms with van der Waals surface area (Å²) in [5.74, 6) is -0.571. The number of nitrogens with zero attached hydrogens (tertiary/aromatic N) is 1. The first-order valence-electron chi connectivity index (χ1n) is 3.82. The van der Waals surface area contributed by atoms with E-state index in [1.165, 1.54) is 0 Å². The number of amides is 2. The summed E-state index contributed by atoms with van der Waals surface area (Å²) in [6.07, 6.45) is 3.35. The SMILES string of the molecule is O=C(/C=C/CF)N1CCCC1=O. The van der Waals surface area contributed by atoms with E-state index in [1.54, 1.807) is 0 Å². The van der Waals surface area contributed by atoms with Crippen molar-refractivity contribution < 1.29 is 14.0 Å². The third kappa shape index (κ3) is 1.90. The predicted molar refractivity (Wildman–Crippen MR) is 41.1 cm³/mol. The summed E-state index contributed by atoms with van der Waals surface area (Å²) in [5, 5.41) is 0. The summed E-state index contributed by atoms with van der Waals surface area (Å²) < 4.78 is 11.6. The molecule has 0 radical (unpaired) electrons. The van der Waals surface area contributed by atoms with E-state index in [9.17, 15) is 14.0 Å². The average molecular weight is 171 g/mol. The predicted octanol–water partition coefficient (Wildman–Crippen LogP) is 0.661. The normalized spacial score (nSPS) is 17.8. The molecular weight excluding hydrogens is 161 g/mol. The minimum Gasteiger partial charge on any atom is -0.279 e. The minimum absolute atomic E-state index is 0.163. The molecule has 1 fully saturated rings. The second kappa shape index (κ2) is 3.99. The number of alkyl halides is 1. The van der Waals surface area contributed by atoms with Gasteiger partial charge in [-0.2, -0.15) is 0 Å². The van der Waals surface area contributed by atoms with E-state index in [4.69, 9.17) is 0 Å². The van der Waals surface area contributed by atoms with Crippen molar-refractivity contribution in [2.75, 3.05) is 13.2 Å². The fraction of sp³-hybridized carbons (Fsp3) is 0.500. The van der Waals surface area contributed by atoms with Gasteiger partial charge in [0, 0.05) is 19.0 Å². The van der Waals surface area contributed by atoms with Crippen LogP contribution in [0.2, 0.25) is 0 Å². The Morgan fingerprint density at radius 2 is 2.42 bits per heavy atom. The van der Waals surface area contributed by atoms with E-state index in [1.807, 2.05) is 0 Å². The molecule has 1 rings (SSSR count). The van der Waals surface area contributed by atoms with Crippen molar-refractivity contribution in [2.24, 2.45) is 0 Å². The number of carbonyl (C=O) groups is 2. The molecule has 12 heavy (non-hydrogen) atoms. The summed E-state index contributed by atoms with van der Waals surface area (Å²) in [5.41, 5.74) is 0. The number of likely N-dealkylation sites (tertiary alicyclic amines) is 1. The highest BCUT2D eigenvalue weighted by atomic mass is 19.1. The van der Waals surface area contributed by atoms with E-state index in [2.05, 4.69) is 0 Å². The molecule has 0 N–H and O–H groups in total. The molecule has 0 bridgehead atoms. The number of hydrogen-bond acceptors (Lipinski definition) is 2. The minimum atomic E-state index is -0.673. The molecular formula is C8H10FNO2. The lowest BCUT2D eigenvalue weighted by Crippen LogP contribution is -2.30. The molecule has 1 aliphatic heterocycles. The van der Waals surface area contributed by atoms with Crippen molar-refractivity contribution >= 4 is 11.8 Å². The van der Waals surface area contributed by atoms with Gasteiger partial charge < -0.3 is 0 Å². The molecule has 0 unspecified atom stereocenters. The second-order valence-electron chi connectivity index (χ2n) is 2.54. The summed E-state index contributed by atoms with van der Waals surface area (Å²) >= 11 is 0. The molecule has 1 heterocycles. The fourth-order valence-electron chi connectivity index (χ4n) is 1.12. The first kappa shape index (κ1) is 8.90. The van der Waals surface area contributed by atoms with Gasteiger partial charge in [0.25, 0.3) is 5.91 Å². The van der Waals surface area contributed by atoms with Crippen LogP contribution < -0.4 is 0 Å². The fourth-order valence-corrected chi connectivity index (χ4v) is 1.12. The van der Waals surface area contributed by atoms with Gasteiger partial charge in [-0.25, -0.2) is 4.39 Å². The first-order chi connectivity index (χ1) is 5.75. The zero-order valence-electron chi connectivity index (χ0n) is 6.62. The van der Waals surface area contributed by atoms with E-state index in [-0.39, 0.29) is 5.91 Å². The quantitative estimate of drug-likeness (QED) is 0.572. The van der Waals surface area contributed by atoms with Crippen LogP contribution in [-0.2, 0) is 9.59 Å². The molecule has 1 aliphatic rings. The Hall–Kier alpha value is -1.19. The Kier molecular flexibility index (Phi) is 2.96. The summed E-state index contributed by atoms with van der Waals surface area (Å²) in [6, 6.07) is 0. The number of imide groups is 1. The summed E-state index contributed by atoms with van der Waals surface area (Å²) in [7, 11) is 0. The first-order valence-corrected chi connectivity index (χ1v) is 3.82. The van der Waals surface area contributed by atoms with Gasteiger partial charge in [-0.15, -0.1) is 0 Å². The monoisotopic (exact) mass is 171 g/mol. The highest BCUT2D eigenvalue weighted by Crippen LogP contribution is 2.09. The number of carbonyl (C=O) groups excluding carboxylic acids is 2. The molecule has 4 heteroatoms. The largest absolute Gasteiger partial charge is 0.279 e. The maximum absolute atomic E-state index is 11.6. The number of allylic oxidation sites excluding steroid dienone is 1. The summed E-state index contributed by atoms with van der Waals surface area (Å²) in [6.45, 7) is -0.206. The Morgan fingerprint density at radius 3 is 2.92 bits per heavy atom. The molecule has 1 saturated heterocycles. The van der Waals surface area contributed by atoms with Crippen LogP contribution in [0.3, 0.4) is 0 Å². The van der Waals surface area contributed by atoms with Gasteiger partial charge in [0.1, 0.15) is 6.67 Å². The standard InChI is InChI=1S/C8H10FNO2/c9-5-1-3-7(11)10-6-2-4-8(10)12/h1,3H,2,4-6H2/b3-1+.